The molecule has 2 aromatic heterocycles. The van der Waals surface area contributed by atoms with E-state index in [2.05, 4.69) is 20.6 Å². The van der Waals surface area contributed by atoms with E-state index in [0.717, 1.165) is 36.5 Å². The van der Waals surface area contributed by atoms with Gasteiger partial charge in [0.15, 0.2) is 0 Å². The van der Waals surface area contributed by atoms with Crippen LogP contribution in [-0.4, -0.2) is 21.5 Å². The lowest BCUT2D eigenvalue weighted by Crippen LogP contribution is -2.28. The minimum Gasteiger partial charge on any atom is -0.340 e. The number of halogens is 1. The molecule has 1 saturated heterocycles. The fraction of sp³-hybridized carbons (Fsp3) is 0.250. The van der Waals surface area contributed by atoms with Crippen LogP contribution < -0.4 is 10.6 Å². The molecular formula is C20H20FN5. The number of rotatable bonds is 4. The molecule has 0 bridgehead atoms. The summed E-state index contributed by atoms with van der Waals surface area (Å²) in [6.07, 6.45) is 6.86. The van der Waals surface area contributed by atoms with E-state index in [1.165, 1.54) is 18.6 Å². The van der Waals surface area contributed by atoms with Gasteiger partial charge in [0.25, 0.3) is 0 Å². The van der Waals surface area contributed by atoms with E-state index >= 15 is 0 Å². The lowest BCUT2D eigenvalue weighted by molar-refractivity contribution is 0.398. The zero-order valence-electron chi connectivity index (χ0n) is 14.3. The molecule has 1 aromatic carbocycles. The molecule has 0 saturated carbocycles. The predicted molar refractivity (Wildman–Crippen MR) is 99.5 cm³/mol. The average Bonchev–Trinajstić information content (AvgIpc) is 2.69. The Balaban J connectivity index is 1.72. The van der Waals surface area contributed by atoms with Crippen LogP contribution in [0.4, 0.5) is 15.9 Å². The van der Waals surface area contributed by atoms with Crippen LogP contribution >= 0.6 is 0 Å². The molecule has 2 N–H and O–H groups in total. The smallest absolute Gasteiger partial charge is 0.148 e. The van der Waals surface area contributed by atoms with Crippen LogP contribution in [0.1, 0.15) is 31.1 Å². The fourth-order valence-electron chi connectivity index (χ4n) is 3.13. The summed E-state index contributed by atoms with van der Waals surface area (Å²) in [5.74, 6) is 1.11. The number of hydrogen-bond donors (Lipinski definition) is 2. The van der Waals surface area contributed by atoms with E-state index in [0.29, 0.717) is 11.5 Å². The van der Waals surface area contributed by atoms with Crippen molar-refractivity contribution in [1.82, 2.24) is 20.3 Å². The number of benzene rings is 1. The zero-order chi connectivity index (χ0) is 17.8. The molecule has 0 amide bonds. The molecule has 0 aliphatic carbocycles. The van der Waals surface area contributed by atoms with Crippen molar-refractivity contribution in [2.75, 3.05) is 11.9 Å². The number of anilines is 2. The number of nitrogens with one attached hydrogen (secondary N) is 2. The molecule has 0 radical (unpaired) electrons. The maximum Gasteiger partial charge on any atom is 0.148 e. The van der Waals surface area contributed by atoms with Crippen molar-refractivity contribution in [2.45, 2.75) is 25.3 Å². The molecule has 132 valence electrons. The van der Waals surface area contributed by atoms with Crippen molar-refractivity contribution < 1.29 is 4.39 Å². The third-order valence-electron chi connectivity index (χ3n) is 4.42. The van der Waals surface area contributed by atoms with Gasteiger partial charge in [-0.2, -0.15) is 0 Å². The van der Waals surface area contributed by atoms with Crippen molar-refractivity contribution >= 4 is 11.5 Å². The molecule has 1 aliphatic heterocycles. The van der Waals surface area contributed by atoms with Gasteiger partial charge < -0.3 is 10.6 Å². The first-order valence-electron chi connectivity index (χ1n) is 8.83. The topological polar surface area (TPSA) is 62.7 Å². The molecule has 1 atom stereocenters. The summed E-state index contributed by atoms with van der Waals surface area (Å²) >= 11 is 0. The van der Waals surface area contributed by atoms with Crippen LogP contribution in [0, 0.1) is 5.82 Å². The van der Waals surface area contributed by atoms with Gasteiger partial charge in [-0.3, -0.25) is 4.98 Å². The summed E-state index contributed by atoms with van der Waals surface area (Å²) < 4.78 is 13.5. The highest BCUT2D eigenvalue weighted by Crippen LogP contribution is 2.26. The lowest BCUT2D eigenvalue weighted by atomic mass is 10.0. The van der Waals surface area contributed by atoms with Gasteiger partial charge in [-0.15, -0.1) is 0 Å². The van der Waals surface area contributed by atoms with Crippen molar-refractivity contribution in [3.63, 3.8) is 0 Å². The highest BCUT2D eigenvalue weighted by molar-refractivity contribution is 5.65. The van der Waals surface area contributed by atoms with E-state index in [4.69, 9.17) is 4.98 Å². The number of pyridine rings is 1. The van der Waals surface area contributed by atoms with Crippen LogP contribution in [0.3, 0.4) is 0 Å². The first-order chi connectivity index (χ1) is 12.8. The van der Waals surface area contributed by atoms with Gasteiger partial charge in [-0.05, 0) is 49.7 Å². The first-order valence-corrected chi connectivity index (χ1v) is 8.83. The molecule has 1 aliphatic rings. The van der Waals surface area contributed by atoms with Gasteiger partial charge in [0.2, 0.25) is 0 Å². The Morgan fingerprint density at radius 2 is 2.04 bits per heavy atom. The Morgan fingerprint density at radius 3 is 2.81 bits per heavy atom. The number of nitrogens with zero attached hydrogens (tertiary/aromatic N) is 3. The van der Waals surface area contributed by atoms with Crippen LogP contribution in [0.5, 0.6) is 0 Å². The van der Waals surface area contributed by atoms with Gasteiger partial charge in [-0.1, -0.05) is 12.5 Å². The fourth-order valence-corrected chi connectivity index (χ4v) is 3.13. The summed E-state index contributed by atoms with van der Waals surface area (Å²) in [6, 6.07) is 12.2. The van der Waals surface area contributed by atoms with Crippen LogP contribution in [0.2, 0.25) is 0 Å². The molecular weight excluding hydrogens is 329 g/mol. The van der Waals surface area contributed by atoms with Crippen molar-refractivity contribution in [3.05, 3.63) is 66.5 Å². The van der Waals surface area contributed by atoms with Crippen LogP contribution in [-0.2, 0) is 0 Å². The second-order valence-electron chi connectivity index (χ2n) is 6.38. The first kappa shape index (κ1) is 16.6. The van der Waals surface area contributed by atoms with Gasteiger partial charge in [0.05, 0.1) is 11.7 Å². The Kier molecular flexibility index (Phi) is 4.84. The summed E-state index contributed by atoms with van der Waals surface area (Å²) in [5, 5.41) is 6.68. The van der Waals surface area contributed by atoms with Gasteiger partial charge in [0.1, 0.15) is 17.5 Å². The van der Waals surface area contributed by atoms with E-state index in [9.17, 15) is 4.39 Å². The lowest BCUT2D eigenvalue weighted by Gasteiger charge is -2.23. The van der Waals surface area contributed by atoms with E-state index in [1.54, 1.807) is 18.5 Å². The van der Waals surface area contributed by atoms with Crippen molar-refractivity contribution in [2.24, 2.45) is 0 Å². The molecule has 0 unspecified atom stereocenters. The van der Waals surface area contributed by atoms with Gasteiger partial charge >= 0.3 is 0 Å². The minimum absolute atomic E-state index is 0.133. The third kappa shape index (κ3) is 3.86. The number of aromatic nitrogens is 3. The summed E-state index contributed by atoms with van der Waals surface area (Å²) in [4.78, 5) is 13.6. The highest BCUT2D eigenvalue weighted by Gasteiger charge is 2.19. The normalized spacial score (nSPS) is 17.0. The molecule has 3 aromatic rings. The molecule has 4 rings (SSSR count). The third-order valence-corrected chi connectivity index (χ3v) is 4.42. The maximum atomic E-state index is 13.5. The Morgan fingerprint density at radius 1 is 1.08 bits per heavy atom. The quantitative estimate of drug-likeness (QED) is 0.738. The summed E-state index contributed by atoms with van der Waals surface area (Å²) in [5.41, 5.74) is 2.38. The standard InChI is InChI=1S/C20H20FN5/c21-15-6-3-7-16(11-15)24-19-12-18(14-5-4-9-22-13-14)25-20(26-19)17-8-1-2-10-23-17/h3-7,9,11-13,17,23H,1-2,8,10H2,(H,24,25,26)/t17-/m1/s1. The average molecular weight is 349 g/mol. The predicted octanol–water partition coefficient (Wildman–Crippen LogP) is 4.24. The highest BCUT2D eigenvalue weighted by atomic mass is 19.1. The van der Waals surface area contributed by atoms with E-state index in [1.807, 2.05) is 24.3 Å². The Hall–Kier alpha value is -2.86. The Labute approximate surface area is 151 Å². The maximum absolute atomic E-state index is 13.5. The van der Waals surface area contributed by atoms with E-state index < -0.39 is 0 Å². The Bertz CT molecular complexity index is 878. The molecule has 3 heterocycles. The summed E-state index contributed by atoms with van der Waals surface area (Å²) in [7, 11) is 0. The zero-order valence-corrected chi connectivity index (χ0v) is 14.3. The SMILES string of the molecule is Fc1cccc(Nc2cc(-c3cccnc3)nc([C@H]3CCCCN3)n2)c1. The van der Waals surface area contributed by atoms with Crippen molar-refractivity contribution in [3.8, 4) is 11.3 Å². The van der Waals surface area contributed by atoms with Crippen LogP contribution in [0.15, 0.2) is 54.9 Å². The number of piperidine rings is 1. The van der Waals surface area contributed by atoms with Crippen LogP contribution in [0.25, 0.3) is 11.3 Å². The number of hydrogen-bond acceptors (Lipinski definition) is 5. The second-order valence-corrected chi connectivity index (χ2v) is 6.38. The van der Waals surface area contributed by atoms with Gasteiger partial charge in [-0.25, -0.2) is 14.4 Å². The second kappa shape index (κ2) is 7.58. The molecule has 5 nitrogen and oxygen atoms in total. The monoisotopic (exact) mass is 349 g/mol. The summed E-state index contributed by atoms with van der Waals surface area (Å²) in [6.45, 7) is 0.970. The molecule has 0 spiro atoms. The molecule has 1 fully saturated rings. The largest absolute Gasteiger partial charge is 0.340 e. The molecule has 26 heavy (non-hydrogen) atoms. The molecule has 6 heteroatoms. The van der Waals surface area contributed by atoms with Crippen molar-refractivity contribution in [1.29, 1.82) is 0 Å². The van der Waals surface area contributed by atoms with Gasteiger partial charge in [0, 0.05) is 29.7 Å². The minimum atomic E-state index is -0.286. The van der Waals surface area contributed by atoms with E-state index in [-0.39, 0.29) is 11.9 Å².